The second-order valence-electron chi connectivity index (χ2n) is 3.57. The van der Waals surface area contributed by atoms with Crippen molar-refractivity contribution in [2.24, 2.45) is 0 Å². The molecule has 0 radical (unpaired) electrons. The van der Waals surface area contributed by atoms with Crippen LogP contribution in [0.1, 0.15) is 12.8 Å². The molecule has 1 unspecified atom stereocenters. The average molecular weight is 140 g/mol. The normalized spacial score (nSPS) is 36.3. The zero-order valence-electron chi connectivity index (χ0n) is 6.71. The van der Waals surface area contributed by atoms with Crippen molar-refractivity contribution in [1.82, 2.24) is 9.80 Å². The summed E-state index contributed by atoms with van der Waals surface area (Å²) in [5, 5.41) is 0. The van der Waals surface area contributed by atoms with Gasteiger partial charge in [-0.05, 0) is 33.0 Å². The van der Waals surface area contributed by atoms with Gasteiger partial charge in [0.15, 0.2) is 0 Å². The van der Waals surface area contributed by atoms with E-state index in [9.17, 15) is 0 Å². The lowest BCUT2D eigenvalue weighted by atomic mass is 10.0. The fraction of sp³-hybridized carbons (Fsp3) is 1.00. The fourth-order valence-electron chi connectivity index (χ4n) is 1.90. The molecule has 2 aliphatic rings. The van der Waals surface area contributed by atoms with Gasteiger partial charge in [-0.3, -0.25) is 4.90 Å². The molecule has 2 rings (SSSR count). The van der Waals surface area contributed by atoms with Crippen molar-refractivity contribution >= 4 is 0 Å². The lowest BCUT2D eigenvalue weighted by Crippen LogP contribution is -2.47. The molecule has 0 bridgehead atoms. The minimum atomic E-state index is 0.949. The molecule has 0 amide bonds. The third kappa shape index (κ3) is 1.06. The monoisotopic (exact) mass is 140 g/mol. The second-order valence-corrected chi connectivity index (χ2v) is 3.57. The number of fused-ring (bicyclic) bond motifs is 1. The highest BCUT2D eigenvalue weighted by Gasteiger charge is 2.29. The summed E-state index contributed by atoms with van der Waals surface area (Å²) in [6.45, 7) is 5.25. The first-order valence-corrected chi connectivity index (χ1v) is 4.29. The van der Waals surface area contributed by atoms with E-state index in [1.54, 1.807) is 0 Å². The summed E-state index contributed by atoms with van der Waals surface area (Å²) in [5.41, 5.74) is 0. The summed E-state index contributed by atoms with van der Waals surface area (Å²) in [7, 11) is 2.23. The van der Waals surface area contributed by atoms with Crippen molar-refractivity contribution in [3.8, 4) is 0 Å². The Morgan fingerprint density at radius 2 is 1.80 bits per heavy atom. The largest absolute Gasteiger partial charge is 0.305 e. The molecule has 2 saturated heterocycles. The predicted molar refractivity (Wildman–Crippen MR) is 42.1 cm³/mol. The second kappa shape index (κ2) is 2.51. The topological polar surface area (TPSA) is 6.48 Å². The number of likely N-dealkylation sites (N-methyl/N-ethyl adjacent to an activating group) is 1. The summed E-state index contributed by atoms with van der Waals surface area (Å²) in [6.07, 6.45) is 2.85. The van der Waals surface area contributed by atoms with Crippen molar-refractivity contribution in [2.45, 2.75) is 18.9 Å². The molecule has 10 heavy (non-hydrogen) atoms. The van der Waals surface area contributed by atoms with Gasteiger partial charge < -0.3 is 4.90 Å². The first-order chi connectivity index (χ1) is 4.86. The Kier molecular flexibility index (Phi) is 1.66. The zero-order chi connectivity index (χ0) is 6.97. The molecule has 0 spiro atoms. The molecule has 0 saturated carbocycles. The van der Waals surface area contributed by atoms with Crippen LogP contribution in [-0.2, 0) is 0 Å². The first kappa shape index (κ1) is 6.62. The van der Waals surface area contributed by atoms with Gasteiger partial charge in [0.25, 0.3) is 0 Å². The maximum Gasteiger partial charge on any atom is 0.0120 e. The quantitative estimate of drug-likeness (QED) is 0.480. The number of nitrogens with zero attached hydrogens (tertiary/aromatic N) is 2. The van der Waals surface area contributed by atoms with Crippen LogP contribution in [0, 0.1) is 0 Å². The van der Waals surface area contributed by atoms with Crippen LogP contribution in [0.4, 0.5) is 0 Å². The molecule has 0 aromatic heterocycles. The molecule has 58 valence electrons. The van der Waals surface area contributed by atoms with Gasteiger partial charge in [-0.25, -0.2) is 0 Å². The lowest BCUT2D eigenvalue weighted by molar-refractivity contribution is 0.0991. The highest BCUT2D eigenvalue weighted by Crippen LogP contribution is 2.22. The van der Waals surface area contributed by atoms with Gasteiger partial charge in [-0.1, -0.05) is 0 Å². The lowest BCUT2D eigenvalue weighted by Gasteiger charge is -2.39. The van der Waals surface area contributed by atoms with Crippen LogP contribution in [0.15, 0.2) is 0 Å². The summed E-state index contributed by atoms with van der Waals surface area (Å²) in [6, 6.07) is 0.949. The predicted octanol–water partition coefficient (Wildman–Crippen LogP) is 0.396. The van der Waals surface area contributed by atoms with Crippen LogP contribution in [0.2, 0.25) is 0 Å². The van der Waals surface area contributed by atoms with Gasteiger partial charge >= 0.3 is 0 Å². The molecule has 0 aromatic rings. The van der Waals surface area contributed by atoms with E-state index in [1.165, 1.54) is 39.0 Å². The Morgan fingerprint density at radius 3 is 2.50 bits per heavy atom. The maximum absolute atomic E-state index is 2.61. The van der Waals surface area contributed by atoms with Crippen LogP contribution in [-0.4, -0.2) is 49.1 Å². The van der Waals surface area contributed by atoms with Crippen molar-refractivity contribution < 1.29 is 0 Å². The number of hydrogen-bond acceptors (Lipinski definition) is 2. The van der Waals surface area contributed by atoms with Gasteiger partial charge in [0.2, 0.25) is 0 Å². The molecular weight excluding hydrogens is 124 g/mol. The van der Waals surface area contributed by atoms with Gasteiger partial charge in [0.05, 0.1) is 0 Å². The minimum Gasteiger partial charge on any atom is -0.305 e. The molecule has 2 aliphatic heterocycles. The van der Waals surface area contributed by atoms with Gasteiger partial charge in [0.1, 0.15) is 0 Å². The van der Waals surface area contributed by atoms with Gasteiger partial charge in [0, 0.05) is 19.1 Å². The molecule has 0 N–H and O–H groups in total. The van der Waals surface area contributed by atoms with E-state index < -0.39 is 0 Å². The van der Waals surface area contributed by atoms with E-state index >= 15 is 0 Å². The fourth-order valence-corrected chi connectivity index (χ4v) is 1.90. The van der Waals surface area contributed by atoms with E-state index in [0.717, 1.165) is 6.04 Å². The standard InChI is InChI=1S/C8H16N2/c1-9-4-2-8-3-5-10(8)7-6-9/h8H,2-7H2,1H3. The van der Waals surface area contributed by atoms with Crippen molar-refractivity contribution in [3.05, 3.63) is 0 Å². The van der Waals surface area contributed by atoms with Gasteiger partial charge in [-0.15, -0.1) is 0 Å². The molecule has 2 heteroatoms. The van der Waals surface area contributed by atoms with E-state index in [2.05, 4.69) is 16.8 Å². The molecule has 2 heterocycles. The Labute approximate surface area is 62.8 Å². The molecule has 2 fully saturated rings. The molecule has 0 aliphatic carbocycles. The van der Waals surface area contributed by atoms with E-state index in [0.29, 0.717) is 0 Å². The van der Waals surface area contributed by atoms with Crippen LogP contribution in [0.5, 0.6) is 0 Å². The SMILES string of the molecule is CN1CCC2CCN2CC1. The third-order valence-corrected chi connectivity index (χ3v) is 2.88. The zero-order valence-corrected chi connectivity index (χ0v) is 6.71. The van der Waals surface area contributed by atoms with Crippen LogP contribution < -0.4 is 0 Å². The Hall–Kier alpha value is -0.0800. The van der Waals surface area contributed by atoms with Crippen LogP contribution >= 0.6 is 0 Å². The molecule has 2 nitrogen and oxygen atoms in total. The summed E-state index contributed by atoms with van der Waals surface area (Å²) >= 11 is 0. The van der Waals surface area contributed by atoms with E-state index in [-0.39, 0.29) is 0 Å². The van der Waals surface area contributed by atoms with Crippen molar-refractivity contribution in [1.29, 1.82) is 0 Å². The highest BCUT2D eigenvalue weighted by atomic mass is 15.3. The van der Waals surface area contributed by atoms with Crippen LogP contribution in [0.25, 0.3) is 0 Å². The van der Waals surface area contributed by atoms with Crippen molar-refractivity contribution in [2.75, 3.05) is 33.2 Å². The Balaban J connectivity index is 1.91. The van der Waals surface area contributed by atoms with E-state index in [1.807, 2.05) is 0 Å². The minimum absolute atomic E-state index is 0.949. The molecular formula is C8H16N2. The maximum atomic E-state index is 2.61. The summed E-state index contributed by atoms with van der Waals surface area (Å²) in [5.74, 6) is 0. The summed E-state index contributed by atoms with van der Waals surface area (Å²) < 4.78 is 0. The van der Waals surface area contributed by atoms with Gasteiger partial charge in [-0.2, -0.15) is 0 Å². The molecule has 1 atom stereocenters. The molecule has 0 aromatic carbocycles. The number of hydrogen-bond donors (Lipinski definition) is 0. The van der Waals surface area contributed by atoms with E-state index in [4.69, 9.17) is 0 Å². The number of rotatable bonds is 0. The van der Waals surface area contributed by atoms with Crippen LogP contribution in [0.3, 0.4) is 0 Å². The third-order valence-electron chi connectivity index (χ3n) is 2.88. The highest BCUT2D eigenvalue weighted by molar-refractivity contribution is 4.85. The Bertz CT molecular complexity index is 110. The smallest absolute Gasteiger partial charge is 0.0120 e. The van der Waals surface area contributed by atoms with Crippen molar-refractivity contribution in [3.63, 3.8) is 0 Å². The Morgan fingerprint density at radius 1 is 1.00 bits per heavy atom. The summed E-state index contributed by atoms with van der Waals surface area (Å²) in [4.78, 5) is 5.06. The average Bonchev–Trinajstić information content (AvgIpc) is 1.94. The first-order valence-electron chi connectivity index (χ1n) is 4.29.